The number of nitrogens with two attached hydrogens (primary N) is 1. The Kier molecular flexibility index (Phi) is 3.50. The second-order valence-electron chi connectivity index (χ2n) is 5.53. The van der Waals surface area contributed by atoms with Crippen LogP contribution in [0.5, 0.6) is 5.75 Å². The summed E-state index contributed by atoms with van der Waals surface area (Å²) in [5, 5.41) is 13.9. The minimum atomic E-state index is -0.489. The van der Waals surface area contributed by atoms with Crippen LogP contribution in [0.2, 0.25) is 0 Å². The molecule has 1 aromatic rings. The predicted octanol–water partition coefficient (Wildman–Crippen LogP) is 1.74. The van der Waals surface area contributed by atoms with Crippen LogP contribution in [-0.2, 0) is 11.2 Å². The molecule has 0 spiro atoms. The lowest BCUT2D eigenvalue weighted by molar-refractivity contribution is -0.386. The maximum absolute atomic E-state index is 11.4. The maximum Gasteiger partial charge on any atom is 0.313 e. The summed E-state index contributed by atoms with van der Waals surface area (Å²) in [6.45, 7) is 0. The standard InChI is InChI=1S/C14H17N3O4/c15-9-2-1-3-12(9)21-13-6-8-4-5-14(18)16-10(8)7-11(13)17(19)20/h6-7,9,12H,1-5,15H2,(H,16,18). The number of carbonyl (C=O) groups excluding carboxylic acids is 1. The van der Waals surface area contributed by atoms with Gasteiger partial charge in [0.25, 0.3) is 0 Å². The lowest BCUT2D eigenvalue weighted by atomic mass is 10.0. The van der Waals surface area contributed by atoms with E-state index in [0.29, 0.717) is 18.5 Å². The van der Waals surface area contributed by atoms with Gasteiger partial charge in [0, 0.05) is 18.5 Å². The van der Waals surface area contributed by atoms with Gasteiger partial charge in [-0.15, -0.1) is 0 Å². The second kappa shape index (κ2) is 5.33. The smallest absolute Gasteiger partial charge is 0.313 e. The monoisotopic (exact) mass is 291 g/mol. The van der Waals surface area contributed by atoms with Crippen LogP contribution in [0.1, 0.15) is 31.2 Å². The fourth-order valence-electron chi connectivity index (χ4n) is 2.90. The molecule has 2 atom stereocenters. The highest BCUT2D eigenvalue weighted by molar-refractivity contribution is 5.94. The summed E-state index contributed by atoms with van der Waals surface area (Å²) in [4.78, 5) is 22.1. The Hall–Kier alpha value is -2.15. The van der Waals surface area contributed by atoms with Gasteiger partial charge in [-0.1, -0.05) is 0 Å². The van der Waals surface area contributed by atoms with Crippen molar-refractivity contribution >= 4 is 17.3 Å². The number of amides is 1. The van der Waals surface area contributed by atoms with Crippen LogP contribution in [0.4, 0.5) is 11.4 Å². The topological polar surface area (TPSA) is 107 Å². The summed E-state index contributed by atoms with van der Waals surface area (Å²) >= 11 is 0. The summed E-state index contributed by atoms with van der Waals surface area (Å²) in [5.74, 6) is 0.125. The van der Waals surface area contributed by atoms with Crippen molar-refractivity contribution in [1.29, 1.82) is 0 Å². The molecule has 1 fully saturated rings. The lowest BCUT2D eigenvalue weighted by Gasteiger charge is -2.21. The number of nitro groups is 1. The first-order valence-corrected chi connectivity index (χ1v) is 7.08. The van der Waals surface area contributed by atoms with Gasteiger partial charge in [0.15, 0.2) is 5.75 Å². The number of benzene rings is 1. The van der Waals surface area contributed by atoms with Crippen molar-refractivity contribution in [3.05, 3.63) is 27.8 Å². The van der Waals surface area contributed by atoms with E-state index in [2.05, 4.69) is 5.32 Å². The van der Waals surface area contributed by atoms with Crippen LogP contribution in [-0.4, -0.2) is 23.0 Å². The third kappa shape index (κ3) is 2.69. The zero-order valence-corrected chi connectivity index (χ0v) is 11.5. The van der Waals surface area contributed by atoms with Crippen LogP contribution < -0.4 is 15.8 Å². The average Bonchev–Trinajstić information content (AvgIpc) is 2.83. The van der Waals surface area contributed by atoms with Gasteiger partial charge in [0.1, 0.15) is 6.10 Å². The molecule has 0 radical (unpaired) electrons. The number of nitrogens with zero attached hydrogens (tertiary/aromatic N) is 1. The van der Waals surface area contributed by atoms with Gasteiger partial charge in [0.2, 0.25) is 5.91 Å². The van der Waals surface area contributed by atoms with Crippen molar-refractivity contribution in [2.75, 3.05) is 5.32 Å². The van der Waals surface area contributed by atoms with Crippen molar-refractivity contribution in [2.45, 2.75) is 44.2 Å². The maximum atomic E-state index is 11.4. The van der Waals surface area contributed by atoms with E-state index in [1.165, 1.54) is 6.07 Å². The molecular formula is C14H17N3O4. The SMILES string of the molecule is NC1CCCC1Oc1cc2c(cc1[N+](=O)[O-])NC(=O)CC2. The minimum absolute atomic E-state index is 0.0830. The van der Waals surface area contributed by atoms with E-state index in [9.17, 15) is 14.9 Å². The number of nitrogens with one attached hydrogen (secondary N) is 1. The third-order valence-electron chi connectivity index (χ3n) is 4.06. The number of nitro benzene ring substituents is 1. The molecule has 2 unspecified atom stereocenters. The van der Waals surface area contributed by atoms with E-state index >= 15 is 0 Å². The molecule has 3 N–H and O–H groups in total. The summed E-state index contributed by atoms with van der Waals surface area (Å²) in [5.41, 5.74) is 7.19. The molecule has 1 saturated carbocycles. The zero-order valence-electron chi connectivity index (χ0n) is 11.5. The summed E-state index contributed by atoms with van der Waals surface area (Å²) in [7, 11) is 0. The molecule has 1 aliphatic heterocycles. The van der Waals surface area contributed by atoms with E-state index in [1.807, 2.05) is 0 Å². The lowest BCUT2D eigenvalue weighted by Crippen LogP contribution is -2.33. The molecule has 0 saturated heterocycles. The number of rotatable bonds is 3. The molecule has 1 aliphatic carbocycles. The van der Waals surface area contributed by atoms with Gasteiger partial charge < -0.3 is 15.8 Å². The largest absolute Gasteiger partial charge is 0.482 e. The Balaban J connectivity index is 1.94. The first-order chi connectivity index (χ1) is 10.0. The normalized spacial score (nSPS) is 24.3. The number of hydrogen-bond acceptors (Lipinski definition) is 5. The van der Waals surface area contributed by atoms with Gasteiger partial charge in [-0.25, -0.2) is 0 Å². The molecule has 0 bridgehead atoms. The summed E-state index contributed by atoms with van der Waals surface area (Å²) in [6.07, 6.45) is 3.42. The highest BCUT2D eigenvalue weighted by Gasteiger charge is 2.30. The van der Waals surface area contributed by atoms with Crippen LogP contribution >= 0.6 is 0 Å². The van der Waals surface area contributed by atoms with Gasteiger partial charge in [0.05, 0.1) is 10.6 Å². The molecule has 21 heavy (non-hydrogen) atoms. The Labute approximate surface area is 121 Å². The van der Waals surface area contributed by atoms with E-state index in [1.54, 1.807) is 6.07 Å². The first kappa shape index (κ1) is 13.8. The molecule has 7 nitrogen and oxygen atoms in total. The Bertz CT molecular complexity index is 602. The zero-order chi connectivity index (χ0) is 15.0. The van der Waals surface area contributed by atoms with E-state index in [0.717, 1.165) is 24.8 Å². The average molecular weight is 291 g/mol. The summed E-state index contributed by atoms with van der Waals surface area (Å²) in [6, 6.07) is 2.96. The molecule has 0 aromatic heterocycles. The number of hydrogen-bond donors (Lipinski definition) is 2. The number of anilines is 1. The Morgan fingerprint density at radius 3 is 2.81 bits per heavy atom. The highest BCUT2D eigenvalue weighted by Crippen LogP contribution is 2.37. The molecule has 1 amide bonds. The first-order valence-electron chi connectivity index (χ1n) is 7.08. The number of ether oxygens (including phenoxy) is 1. The quantitative estimate of drug-likeness (QED) is 0.651. The van der Waals surface area contributed by atoms with E-state index in [4.69, 9.17) is 10.5 Å². The van der Waals surface area contributed by atoms with Crippen LogP contribution in [0.15, 0.2) is 12.1 Å². The molecule has 1 aromatic carbocycles. The molecule has 7 heteroatoms. The van der Waals surface area contributed by atoms with E-state index in [-0.39, 0.29) is 29.5 Å². The van der Waals surface area contributed by atoms with Gasteiger partial charge >= 0.3 is 5.69 Å². The van der Waals surface area contributed by atoms with Crippen molar-refractivity contribution in [3.63, 3.8) is 0 Å². The van der Waals surface area contributed by atoms with Crippen molar-refractivity contribution in [3.8, 4) is 5.75 Å². The number of aryl methyl sites for hydroxylation is 1. The Morgan fingerprint density at radius 1 is 1.33 bits per heavy atom. The highest BCUT2D eigenvalue weighted by atomic mass is 16.6. The van der Waals surface area contributed by atoms with Gasteiger partial charge in [-0.2, -0.15) is 0 Å². The Morgan fingerprint density at radius 2 is 2.14 bits per heavy atom. The van der Waals surface area contributed by atoms with Crippen molar-refractivity contribution < 1.29 is 14.5 Å². The van der Waals surface area contributed by atoms with Crippen molar-refractivity contribution in [1.82, 2.24) is 0 Å². The van der Waals surface area contributed by atoms with Crippen LogP contribution in [0, 0.1) is 10.1 Å². The van der Waals surface area contributed by atoms with E-state index < -0.39 is 4.92 Å². The van der Waals surface area contributed by atoms with Gasteiger partial charge in [-0.05, 0) is 37.3 Å². The molecule has 1 heterocycles. The third-order valence-corrected chi connectivity index (χ3v) is 4.06. The predicted molar refractivity (Wildman–Crippen MR) is 76.3 cm³/mol. The van der Waals surface area contributed by atoms with Crippen LogP contribution in [0.3, 0.4) is 0 Å². The van der Waals surface area contributed by atoms with Crippen molar-refractivity contribution in [2.24, 2.45) is 5.73 Å². The minimum Gasteiger partial charge on any atom is -0.482 e. The van der Waals surface area contributed by atoms with Crippen LogP contribution in [0.25, 0.3) is 0 Å². The summed E-state index contributed by atoms with van der Waals surface area (Å²) < 4.78 is 5.79. The van der Waals surface area contributed by atoms with Gasteiger partial charge in [-0.3, -0.25) is 14.9 Å². The molecule has 2 aliphatic rings. The molecule has 3 rings (SSSR count). The number of carbonyl (C=O) groups is 1. The molecular weight excluding hydrogens is 274 g/mol. The molecule has 112 valence electrons. The number of fused-ring (bicyclic) bond motifs is 1. The fourth-order valence-corrected chi connectivity index (χ4v) is 2.90. The fraction of sp³-hybridized carbons (Fsp3) is 0.500. The second-order valence-corrected chi connectivity index (χ2v) is 5.53.